The molecule has 2 aliphatic rings. The van der Waals surface area contributed by atoms with Crippen molar-refractivity contribution in [3.8, 4) is 0 Å². The minimum atomic E-state index is -0.480. The summed E-state index contributed by atoms with van der Waals surface area (Å²) in [5, 5.41) is 7.66. The first-order valence-corrected chi connectivity index (χ1v) is 11.0. The van der Waals surface area contributed by atoms with Gasteiger partial charge >= 0.3 is 5.69 Å². The molecule has 2 heterocycles. The first kappa shape index (κ1) is 20.8. The molecule has 1 aromatic heterocycles. The maximum Gasteiger partial charge on any atom is 0.346 e. The summed E-state index contributed by atoms with van der Waals surface area (Å²) in [4.78, 5) is 25.6. The van der Waals surface area contributed by atoms with E-state index >= 15 is 0 Å². The normalized spacial score (nSPS) is 18.6. The zero-order chi connectivity index (χ0) is 21.1. The second-order valence-corrected chi connectivity index (χ2v) is 8.40. The topological polar surface area (TPSA) is 68.9 Å². The van der Waals surface area contributed by atoms with Crippen LogP contribution in [0.3, 0.4) is 0 Å². The summed E-state index contributed by atoms with van der Waals surface area (Å²) in [7, 11) is 0. The number of hydrogen-bond acceptors (Lipinski definition) is 3. The number of rotatable bonds is 6. The van der Waals surface area contributed by atoms with Gasteiger partial charge in [0.05, 0.1) is 12.5 Å². The largest absolute Gasteiger partial charge is 0.355 e. The summed E-state index contributed by atoms with van der Waals surface area (Å²) in [6.07, 6.45) is 9.22. The number of benzene rings is 1. The Labute approximate surface area is 179 Å². The first-order chi connectivity index (χ1) is 14.5. The highest BCUT2D eigenvalue weighted by atomic mass is 35.5. The van der Waals surface area contributed by atoms with Gasteiger partial charge in [-0.25, -0.2) is 13.9 Å². The number of aromatic nitrogens is 3. The average Bonchev–Trinajstić information content (AvgIpc) is 3.07. The summed E-state index contributed by atoms with van der Waals surface area (Å²) in [5.74, 6) is -0.600. The van der Waals surface area contributed by atoms with Gasteiger partial charge in [-0.1, -0.05) is 29.3 Å². The molecule has 1 unspecified atom stereocenters. The Morgan fingerprint density at radius 1 is 1.30 bits per heavy atom. The van der Waals surface area contributed by atoms with Crippen molar-refractivity contribution in [1.29, 1.82) is 0 Å². The maximum absolute atomic E-state index is 14.1. The van der Waals surface area contributed by atoms with Crippen LogP contribution in [0.25, 0.3) is 0 Å². The minimum Gasteiger partial charge on any atom is -0.355 e. The molecule has 8 heteroatoms. The molecule has 0 saturated heterocycles. The molecule has 1 aliphatic carbocycles. The van der Waals surface area contributed by atoms with Gasteiger partial charge in [0.1, 0.15) is 11.6 Å². The molecule has 0 radical (unpaired) electrons. The van der Waals surface area contributed by atoms with Crippen molar-refractivity contribution < 1.29 is 9.18 Å². The second-order valence-electron chi connectivity index (χ2n) is 7.99. The number of allylic oxidation sites excluding steroid dienone is 1. The van der Waals surface area contributed by atoms with E-state index in [2.05, 4.69) is 16.5 Å². The molecule has 30 heavy (non-hydrogen) atoms. The molecule has 1 amide bonds. The van der Waals surface area contributed by atoms with Crippen molar-refractivity contribution in [3.63, 3.8) is 0 Å². The third kappa shape index (κ3) is 4.36. The van der Waals surface area contributed by atoms with Crippen LogP contribution in [0.1, 0.15) is 62.3 Å². The molecule has 1 aliphatic heterocycles. The van der Waals surface area contributed by atoms with E-state index in [1.54, 1.807) is 6.07 Å². The number of nitrogens with one attached hydrogen (secondary N) is 1. The van der Waals surface area contributed by atoms with Gasteiger partial charge in [-0.15, -0.1) is 0 Å². The Bertz CT molecular complexity index is 1010. The van der Waals surface area contributed by atoms with Gasteiger partial charge in [0.2, 0.25) is 5.91 Å². The van der Waals surface area contributed by atoms with Gasteiger partial charge in [-0.3, -0.25) is 9.36 Å². The number of amides is 1. The monoisotopic (exact) mass is 432 g/mol. The lowest BCUT2D eigenvalue weighted by Crippen LogP contribution is -2.35. The minimum absolute atomic E-state index is 0.0627. The van der Waals surface area contributed by atoms with Gasteiger partial charge in [0, 0.05) is 23.7 Å². The molecule has 160 valence electrons. The lowest BCUT2D eigenvalue weighted by Gasteiger charge is -2.21. The van der Waals surface area contributed by atoms with Crippen molar-refractivity contribution in [3.05, 3.63) is 62.6 Å². The van der Waals surface area contributed by atoms with Gasteiger partial charge in [-0.05, 0) is 57.1 Å². The summed E-state index contributed by atoms with van der Waals surface area (Å²) in [6, 6.07) is 4.41. The molecule has 0 saturated carbocycles. The lowest BCUT2D eigenvalue weighted by molar-refractivity contribution is -0.123. The Morgan fingerprint density at radius 3 is 2.93 bits per heavy atom. The number of halogens is 2. The van der Waals surface area contributed by atoms with Crippen molar-refractivity contribution >= 4 is 17.5 Å². The fourth-order valence-electron chi connectivity index (χ4n) is 4.29. The molecule has 0 fully saturated rings. The highest BCUT2D eigenvalue weighted by Gasteiger charge is 2.31. The van der Waals surface area contributed by atoms with Crippen LogP contribution < -0.4 is 11.0 Å². The van der Waals surface area contributed by atoms with Crippen molar-refractivity contribution in [2.75, 3.05) is 6.54 Å². The van der Waals surface area contributed by atoms with Crippen LogP contribution in [0, 0.1) is 5.82 Å². The summed E-state index contributed by atoms with van der Waals surface area (Å²) < 4.78 is 16.9. The van der Waals surface area contributed by atoms with Crippen molar-refractivity contribution in [2.45, 2.75) is 64.0 Å². The average molecular weight is 433 g/mol. The summed E-state index contributed by atoms with van der Waals surface area (Å²) in [6.45, 7) is 1.04. The Kier molecular flexibility index (Phi) is 6.37. The molecule has 0 spiro atoms. The van der Waals surface area contributed by atoms with E-state index in [1.165, 1.54) is 39.8 Å². The number of nitrogens with zero attached hydrogens (tertiary/aromatic N) is 3. The molecule has 2 aromatic rings. The van der Waals surface area contributed by atoms with Gasteiger partial charge in [0.25, 0.3) is 0 Å². The van der Waals surface area contributed by atoms with Crippen LogP contribution in [0.2, 0.25) is 5.02 Å². The first-order valence-electron chi connectivity index (χ1n) is 10.6. The zero-order valence-corrected chi connectivity index (χ0v) is 17.6. The predicted octanol–water partition coefficient (Wildman–Crippen LogP) is 3.77. The molecule has 1 atom stereocenters. The Morgan fingerprint density at radius 2 is 2.17 bits per heavy atom. The van der Waals surface area contributed by atoms with Crippen LogP contribution in [0.5, 0.6) is 0 Å². The zero-order valence-electron chi connectivity index (χ0n) is 16.9. The SMILES string of the molecule is O=C(NCCC1=CCCCC1)C1CCCn2c1nn(Cc1c(F)cccc1Cl)c2=O. The maximum atomic E-state index is 14.1. The van der Waals surface area contributed by atoms with E-state index in [9.17, 15) is 14.0 Å². The second kappa shape index (κ2) is 9.16. The molecule has 1 N–H and O–H groups in total. The van der Waals surface area contributed by atoms with E-state index in [-0.39, 0.29) is 28.7 Å². The fourth-order valence-corrected chi connectivity index (χ4v) is 4.52. The molecular weight excluding hydrogens is 407 g/mol. The van der Waals surface area contributed by atoms with Gasteiger partial charge < -0.3 is 5.32 Å². The van der Waals surface area contributed by atoms with Crippen molar-refractivity contribution in [2.24, 2.45) is 0 Å². The number of carbonyl (C=O) groups excluding carboxylic acids is 1. The predicted molar refractivity (Wildman–Crippen MR) is 113 cm³/mol. The van der Waals surface area contributed by atoms with E-state index in [1.807, 2.05) is 0 Å². The number of fused-ring (bicyclic) bond motifs is 1. The number of carbonyl (C=O) groups is 1. The summed E-state index contributed by atoms with van der Waals surface area (Å²) in [5.41, 5.74) is 1.29. The fraction of sp³-hybridized carbons (Fsp3) is 0.500. The third-order valence-corrected chi connectivity index (χ3v) is 6.31. The van der Waals surface area contributed by atoms with E-state index < -0.39 is 11.7 Å². The van der Waals surface area contributed by atoms with Crippen LogP contribution in [0.4, 0.5) is 4.39 Å². The highest BCUT2D eigenvalue weighted by molar-refractivity contribution is 6.31. The molecule has 6 nitrogen and oxygen atoms in total. The molecule has 4 rings (SSSR count). The Hall–Kier alpha value is -2.41. The molecular formula is C22H26ClFN4O2. The van der Waals surface area contributed by atoms with E-state index in [0.29, 0.717) is 25.3 Å². The van der Waals surface area contributed by atoms with Crippen LogP contribution >= 0.6 is 11.6 Å². The van der Waals surface area contributed by atoms with Crippen LogP contribution in [-0.2, 0) is 17.9 Å². The lowest BCUT2D eigenvalue weighted by atomic mass is 9.96. The van der Waals surface area contributed by atoms with Gasteiger partial charge in [0.15, 0.2) is 0 Å². The Balaban J connectivity index is 1.48. The van der Waals surface area contributed by atoms with E-state index in [4.69, 9.17) is 11.6 Å². The third-order valence-electron chi connectivity index (χ3n) is 5.95. The molecule has 1 aromatic carbocycles. The highest BCUT2D eigenvalue weighted by Crippen LogP contribution is 2.26. The van der Waals surface area contributed by atoms with Crippen LogP contribution in [0.15, 0.2) is 34.6 Å². The van der Waals surface area contributed by atoms with Crippen molar-refractivity contribution in [1.82, 2.24) is 19.7 Å². The van der Waals surface area contributed by atoms with Crippen LogP contribution in [-0.4, -0.2) is 26.8 Å². The van der Waals surface area contributed by atoms with E-state index in [0.717, 1.165) is 25.7 Å². The molecule has 0 bridgehead atoms. The quantitative estimate of drug-likeness (QED) is 0.706. The number of hydrogen-bond donors (Lipinski definition) is 1. The smallest absolute Gasteiger partial charge is 0.346 e. The van der Waals surface area contributed by atoms with Gasteiger partial charge in [-0.2, -0.15) is 5.10 Å². The summed E-state index contributed by atoms with van der Waals surface area (Å²) >= 11 is 6.10. The standard InChI is InChI=1S/C22H26ClFN4O2/c23-18-9-4-10-19(24)17(18)14-28-22(30)27-13-5-8-16(20(27)26-28)21(29)25-12-11-15-6-2-1-3-7-15/h4,6,9-10,16H,1-3,5,7-8,11-14H2,(H,25,29).